The molecule has 0 aliphatic carbocycles. The second kappa shape index (κ2) is 5.47. The first-order valence-electron chi connectivity index (χ1n) is 2.90. The van der Waals surface area contributed by atoms with E-state index >= 15 is 0 Å². The second-order valence-electron chi connectivity index (χ2n) is 1.92. The molecule has 1 N–H and O–H groups in total. The predicted octanol–water partition coefficient (Wildman–Crippen LogP) is 1.63. The number of aryl methyl sites for hydroxylation is 1. The molecule has 0 unspecified atom stereocenters. The third-order valence-corrected chi connectivity index (χ3v) is 1.16. The molecule has 0 spiro atoms. The van der Waals surface area contributed by atoms with Crippen LogP contribution in [0.2, 0.25) is 0 Å². The number of hydrogen-bond donors (Lipinski definition) is 1. The average Bonchev–Trinajstić information content (AvgIpc) is 1.88. The Balaban J connectivity index is 0. The Morgan fingerprint density at radius 2 is 2.00 bits per heavy atom. The Morgan fingerprint density at radius 1 is 1.36 bits per heavy atom. The molecule has 0 aromatic heterocycles. The fourth-order valence-electron chi connectivity index (χ4n) is 0.672. The molecular formula is C8H9NReRf-2. The first-order chi connectivity index (χ1) is 4.33. The van der Waals surface area contributed by atoms with Crippen molar-refractivity contribution < 1.29 is 20.4 Å². The molecule has 1 rings (SSSR count). The van der Waals surface area contributed by atoms with Crippen molar-refractivity contribution in [3.8, 4) is 0 Å². The van der Waals surface area contributed by atoms with Crippen LogP contribution >= 0.6 is 0 Å². The van der Waals surface area contributed by atoms with Crippen LogP contribution in [0.4, 0.5) is 5.69 Å². The largest absolute Gasteiger partial charge is 0.432 e. The van der Waals surface area contributed by atoms with Gasteiger partial charge in [-0.05, 0) is 7.05 Å². The van der Waals surface area contributed by atoms with Gasteiger partial charge >= 0.3 is 0 Å². The van der Waals surface area contributed by atoms with Gasteiger partial charge in [0.1, 0.15) is 0 Å². The van der Waals surface area contributed by atoms with Crippen LogP contribution in [-0.2, 0) is 20.4 Å². The number of benzene rings is 1. The summed E-state index contributed by atoms with van der Waals surface area (Å²) >= 11 is 0. The molecule has 0 aliphatic rings. The Labute approximate surface area is 75.5 Å². The van der Waals surface area contributed by atoms with Crippen LogP contribution in [0.5, 0.6) is 0 Å². The molecule has 0 heterocycles. The average molecular weight is 572 g/mol. The predicted molar refractivity (Wildman–Crippen MR) is 38.4 cm³/mol. The third kappa shape index (κ3) is 3.40. The summed E-state index contributed by atoms with van der Waals surface area (Å²) in [5.74, 6) is 0. The molecule has 1 aromatic carbocycles. The number of nitrogens with one attached hydrogen (secondary N) is 1. The van der Waals surface area contributed by atoms with Gasteiger partial charge in [-0.1, -0.05) is 6.92 Å². The minimum atomic E-state index is 0. The Kier molecular flexibility index (Phi) is 6.15. The molecule has 0 aliphatic heterocycles. The van der Waals surface area contributed by atoms with Gasteiger partial charge in [-0.25, -0.2) is 0 Å². The summed E-state index contributed by atoms with van der Waals surface area (Å²) in [6.07, 6.45) is 0. The molecule has 0 bridgehead atoms. The van der Waals surface area contributed by atoms with Gasteiger partial charge in [0.15, 0.2) is 0 Å². The first-order valence-corrected chi connectivity index (χ1v) is 2.90. The molecule has 1 aromatic rings. The Morgan fingerprint density at radius 3 is 2.36 bits per heavy atom. The first kappa shape index (κ1) is 12.4. The standard InChI is InChI=1S/C8H9N.Re.Rf/c1-7-4-3-5-8(6-7)9-2;;/h3,6,9H,1-2H3;;/q-2;;. The third-order valence-electron chi connectivity index (χ3n) is 1.16. The number of anilines is 1. The fraction of sp³-hybridized carbons (Fsp3) is 0.250. The van der Waals surface area contributed by atoms with Crippen molar-refractivity contribution in [3.05, 3.63) is 29.8 Å². The molecule has 1 nitrogen and oxygen atoms in total. The van der Waals surface area contributed by atoms with Gasteiger partial charge in [0.05, 0.1) is 0 Å². The summed E-state index contributed by atoms with van der Waals surface area (Å²) in [6.45, 7) is 2.01. The van der Waals surface area contributed by atoms with Gasteiger partial charge < -0.3 is 23.5 Å². The summed E-state index contributed by atoms with van der Waals surface area (Å²) in [7, 11) is 1.88. The van der Waals surface area contributed by atoms with E-state index in [9.17, 15) is 0 Å². The van der Waals surface area contributed by atoms with Crippen LogP contribution in [-0.4, -0.2) is 7.05 Å². The zero-order chi connectivity index (χ0) is 6.69. The number of rotatable bonds is 1. The van der Waals surface area contributed by atoms with Crippen LogP contribution in [0.15, 0.2) is 12.1 Å². The normalized spacial score (nSPS) is 7.45. The molecule has 0 saturated carbocycles. The van der Waals surface area contributed by atoms with Crippen molar-refractivity contribution in [2.24, 2.45) is 0 Å². The SMILES string of the molecule is CNc1[c-]c[c-]c(C)c1.[Re].[Rf]. The maximum Gasteiger partial charge on any atom is 0 e. The zero-order valence-corrected chi connectivity index (χ0v) is 15.9. The van der Waals surface area contributed by atoms with E-state index in [0.717, 1.165) is 11.3 Å². The van der Waals surface area contributed by atoms with Crippen molar-refractivity contribution in [2.75, 3.05) is 12.4 Å². The smallest absolute Gasteiger partial charge is 0 e. The summed E-state index contributed by atoms with van der Waals surface area (Å²) in [4.78, 5) is 0. The van der Waals surface area contributed by atoms with Crippen LogP contribution in [0.3, 0.4) is 0 Å². The van der Waals surface area contributed by atoms with Gasteiger partial charge in [-0.15, -0.1) is 0 Å². The Bertz CT molecular complexity index is 203. The molecule has 0 fully saturated rings. The molecule has 1 radical (unpaired) electrons. The quantitative estimate of drug-likeness (QED) is 0.505. The van der Waals surface area contributed by atoms with Gasteiger partial charge in [0, 0.05) is 20.4 Å². The summed E-state index contributed by atoms with van der Waals surface area (Å²) < 4.78 is 0. The van der Waals surface area contributed by atoms with E-state index in [4.69, 9.17) is 0 Å². The van der Waals surface area contributed by atoms with E-state index in [1.54, 1.807) is 6.07 Å². The topological polar surface area (TPSA) is 12.0 Å². The summed E-state index contributed by atoms with van der Waals surface area (Å²) in [5.41, 5.74) is 2.16. The fourth-order valence-corrected chi connectivity index (χ4v) is 0.672. The van der Waals surface area contributed by atoms with Crippen molar-refractivity contribution in [1.29, 1.82) is 0 Å². The van der Waals surface area contributed by atoms with Gasteiger partial charge in [-0.3, -0.25) is 11.6 Å². The van der Waals surface area contributed by atoms with Crippen molar-refractivity contribution in [3.63, 3.8) is 0 Å². The van der Waals surface area contributed by atoms with Crippen molar-refractivity contribution in [2.45, 2.75) is 6.92 Å². The van der Waals surface area contributed by atoms with Gasteiger partial charge in [0.2, 0.25) is 0 Å². The van der Waals surface area contributed by atoms with Crippen LogP contribution in [0.25, 0.3) is 0 Å². The molecule has 57 valence electrons. The summed E-state index contributed by atoms with van der Waals surface area (Å²) in [6, 6.07) is 9.80. The van der Waals surface area contributed by atoms with Crippen LogP contribution < -0.4 is 5.32 Å². The molecule has 3 heteroatoms. The molecular weight excluding hydrogens is 563 g/mol. The molecule has 0 saturated heterocycles. The monoisotopic (exact) mass is 573 g/mol. The van der Waals surface area contributed by atoms with Crippen LogP contribution in [0, 0.1) is 19.1 Å². The summed E-state index contributed by atoms with van der Waals surface area (Å²) in [5, 5.41) is 2.99. The van der Waals surface area contributed by atoms with Gasteiger partial charge in [0.25, 0.3) is 0 Å². The maximum absolute atomic E-state index is 3.01. The minimum absolute atomic E-state index is 0. The van der Waals surface area contributed by atoms with Gasteiger partial charge in [-0.2, -0.15) is 5.69 Å². The van der Waals surface area contributed by atoms with E-state index in [-0.39, 0.29) is 20.4 Å². The maximum atomic E-state index is 3.01. The molecule has 0 atom stereocenters. The van der Waals surface area contributed by atoms with E-state index in [2.05, 4.69) is 17.4 Å². The van der Waals surface area contributed by atoms with E-state index < -0.39 is 0 Å². The number of hydrogen-bond acceptors (Lipinski definition) is 1. The Hall–Kier alpha value is -1.32. The van der Waals surface area contributed by atoms with E-state index in [0.29, 0.717) is 0 Å². The van der Waals surface area contributed by atoms with Crippen LogP contribution in [0.1, 0.15) is 5.56 Å². The second-order valence-corrected chi connectivity index (χ2v) is 1.92. The van der Waals surface area contributed by atoms with Crippen molar-refractivity contribution >= 4 is 5.69 Å². The van der Waals surface area contributed by atoms with E-state index in [1.165, 1.54) is 0 Å². The minimum Gasteiger partial charge on any atom is -0.432 e. The van der Waals surface area contributed by atoms with E-state index in [1.807, 2.05) is 20.0 Å². The zero-order valence-electron chi connectivity index (χ0n) is 6.74. The van der Waals surface area contributed by atoms with Crippen molar-refractivity contribution in [1.82, 2.24) is 0 Å². The molecule has 11 heavy (non-hydrogen) atoms. The molecule has 0 amide bonds.